The first kappa shape index (κ1) is 14.5. The van der Waals surface area contributed by atoms with Gasteiger partial charge in [-0.3, -0.25) is 0 Å². The SMILES string of the molecule is COCCCCCn1c(Cl)nnc1C(C)(C)C. The molecule has 0 fully saturated rings. The van der Waals surface area contributed by atoms with Crippen LogP contribution in [0.3, 0.4) is 0 Å². The lowest BCUT2D eigenvalue weighted by atomic mass is 9.95. The first-order valence-electron chi connectivity index (χ1n) is 6.05. The molecule has 0 unspecified atom stereocenters. The van der Waals surface area contributed by atoms with Gasteiger partial charge < -0.3 is 9.30 Å². The molecule has 1 heterocycles. The van der Waals surface area contributed by atoms with Crippen molar-refractivity contribution in [1.82, 2.24) is 14.8 Å². The predicted molar refractivity (Wildman–Crippen MR) is 69.5 cm³/mol. The molecule has 98 valence electrons. The second-order valence-electron chi connectivity index (χ2n) is 5.25. The third kappa shape index (κ3) is 4.28. The number of nitrogens with zero attached hydrogens (tertiary/aromatic N) is 3. The molecule has 1 rings (SSSR count). The number of aromatic nitrogens is 3. The molecule has 0 spiro atoms. The number of methoxy groups -OCH3 is 1. The molecule has 0 saturated carbocycles. The summed E-state index contributed by atoms with van der Waals surface area (Å²) in [6, 6.07) is 0. The molecule has 17 heavy (non-hydrogen) atoms. The fourth-order valence-corrected chi connectivity index (χ4v) is 1.93. The number of rotatable bonds is 6. The van der Waals surface area contributed by atoms with Gasteiger partial charge >= 0.3 is 0 Å². The lowest BCUT2D eigenvalue weighted by molar-refractivity contribution is 0.191. The molecule has 1 aromatic heterocycles. The summed E-state index contributed by atoms with van der Waals surface area (Å²) in [5.74, 6) is 0.953. The highest BCUT2D eigenvalue weighted by Gasteiger charge is 2.22. The van der Waals surface area contributed by atoms with Crippen LogP contribution in [0.15, 0.2) is 0 Å². The van der Waals surface area contributed by atoms with Crippen LogP contribution >= 0.6 is 11.6 Å². The number of ether oxygens (including phenoxy) is 1. The Morgan fingerprint density at radius 1 is 1.18 bits per heavy atom. The Kier molecular flexibility index (Phi) is 5.40. The first-order valence-corrected chi connectivity index (χ1v) is 6.42. The van der Waals surface area contributed by atoms with Gasteiger partial charge in [0.15, 0.2) is 0 Å². The molecule has 0 bridgehead atoms. The zero-order valence-electron chi connectivity index (χ0n) is 11.2. The number of halogens is 1. The maximum atomic E-state index is 6.06. The van der Waals surface area contributed by atoms with Crippen LogP contribution in [0.4, 0.5) is 0 Å². The smallest absolute Gasteiger partial charge is 0.225 e. The molecule has 0 saturated heterocycles. The molecular formula is C12H22ClN3O. The van der Waals surface area contributed by atoms with E-state index < -0.39 is 0 Å². The summed E-state index contributed by atoms with van der Waals surface area (Å²) in [7, 11) is 1.73. The standard InChI is InChI=1S/C12H22ClN3O/c1-12(2,3)10-14-15-11(13)16(10)8-6-5-7-9-17-4/h5-9H2,1-4H3. The summed E-state index contributed by atoms with van der Waals surface area (Å²) in [6.45, 7) is 8.06. The van der Waals surface area contributed by atoms with Gasteiger partial charge in [-0.05, 0) is 30.9 Å². The molecule has 0 amide bonds. The highest BCUT2D eigenvalue weighted by Crippen LogP contribution is 2.23. The van der Waals surface area contributed by atoms with Crippen LogP contribution in [0.5, 0.6) is 0 Å². The topological polar surface area (TPSA) is 39.9 Å². The van der Waals surface area contributed by atoms with Gasteiger partial charge in [0.2, 0.25) is 5.28 Å². The van der Waals surface area contributed by atoms with Crippen LogP contribution in [0, 0.1) is 0 Å². The Morgan fingerprint density at radius 3 is 2.47 bits per heavy atom. The third-order valence-corrected chi connectivity index (χ3v) is 2.89. The lowest BCUT2D eigenvalue weighted by Crippen LogP contribution is -2.19. The van der Waals surface area contributed by atoms with Crippen LogP contribution < -0.4 is 0 Å². The van der Waals surface area contributed by atoms with E-state index in [1.165, 1.54) is 0 Å². The van der Waals surface area contributed by atoms with E-state index in [2.05, 4.69) is 31.0 Å². The van der Waals surface area contributed by atoms with Gasteiger partial charge in [-0.25, -0.2) is 0 Å². The van der Waals surface area contributed by atoms with Crippen LogP contribution in [0.2, 0.25) is 5.28 Å². The molecule has 4 nitrogen and oxygen atoms in total. The summed E-state index contributed by atoms with van der Waals surface area (Å²) in [5, 5.41) is 8.60. The molecule has 0 atom stereocenters. The Bertz CT molecular complexity index is 344. The molecular weight excluding hydrogens is 238 g/mol. The van der Waals surface area contributed by atoms with Crippen LogP contribution in [-0.2, 0) is 16.7 Å². The van der Waals surface area contributed by atoms with Crippen molar-refractivity contribution >= 4 is 11.6 Å². The fraction of sp³-hybridized carbons (Fsp3) is 0.833. The second-order valence-corrected chi connectivity index (χ2v) is 5.59. The van der Waals surface area contributed by atoms with E-state index in [-0.39, 0.29) is 5.41 Å². The molecule has 0 aliphatic carbocycles. The summed E-state index contributed by atoms with van der Waals surface area (Å²) in [4.78, 5) is 0. The van der Waals surface area contributed by atoms with Gasteiger partial charge in [0.25, 0.3) is 0 Å². The minimum absolute atomic E-state index is 0.0212. The van der Waals surface area contributed by atoms with Crippen molar-refractivity contribution in [2.75, 3.05) is 13.7 Å². The van der Waals surface area contributed by atoms with E-state index in [1.807, 2.05) is 4.57 Å². The summed E-state index contributed by atoms with van der Waals surface area (Å²) < 4.78 is 7.03. The monoisotopic (exact) mass is 259 g/mol. The molecule has 0 aliphatic rings. The van der Waals surface area contributed by atoms with Gasteiger partial charge in [-0.2, -0.15) is 0 Å². The van der Waals surface area contributed by atoms with Crippen LogP contribution in [-0.4, -0.2) is 28.5 Å². The molecule has 0 aromatic carbocycles. The maximum absolute atomic E-state index is 6.06. The van der Waals surface area contributed by atoms with E-state index in [1.54, 1.807) is 7.11 Å². The van der Waals surface area contributed by atoms with Crippen LogP contribution in [0.25, 0.3) is 0 Å². The van der Waals surface area contributed by atoms with Crippen molar-refractivity contribution in [3.8, 4) is 0 Å². The minimum atomic E-state index is -0.0212. The van der Waals surface area contributed by atoms with Gasteiger partial charge in [0.1, 0.15) is 5.82 Å². The van der Waals surface area contributed by atoms with Crippen molar-refractivity contribution in [2.45, 2.75) is 52.0 Å². The Balaban J connectivity index is 2.55. The quantitative estimate of drug-likeness (QED) is 0.738. The molecule has 0 N–H and O–H groups in total. The number of unbranched alkanes of at least 4 members (excludes halogenated alkanes) is 2. The van der Waals surface area contributed by atoms with E-state index >= 15 is 0 Å². The van der Waals surface area contributed by atoms with E-state index in [9.17, 15) is 0 Å². The first-order chi connectivity index (χ1) is 7.96. The van der Waals surface area contributed by atoms with Crippen molar-refractivity contribution in [1.29, 1.82) is 0 Å². The second kappa shape index (κ2) is 6.36. The van der Waals surface area contributed by atoms with E-state index in [0.29, 0.717) is 5.28 Å². The largest absolute Gasteiger partial charge is 0.385 e. The van der Waals surface area contributed by atoms with Gasteiger partial charge in [0, 0.05) is 25.7 Å². The Labute approximate surface area is 108 Å². The van der Waals surface area contributed by atoms with Gasteiger partial charge in [0.05, 0.1) is 0 Å². The lowest BCUT2D eigenvalue weighted by Gasteiger charge is -2.18. The van der Waals surface area contributed by atoms with Gasteiger partial charge in [-0.15, -0.1) is 10.2 Å². The molecule has 1 aromatic rings. The minimum Gasteiger partial charge on any atom is -0.385 e. The summed E-state index contributed by atoms with van der Waals surface area (Å²) >= 11 is 6.06. The predicted octanol–water partition coefficient (Wildman–Crippen LogP) is 3.05. The van der Waals surface area contributed by atoms with Crippen LogP contribution in [0.1, 0.15) is 45.9 Å². The number of hydrogen-bond acceptors (Lipinski definition) is 3. The zero-order chi connectivity index (χ0) is 12.9. The van der Waals surface area contributed by atoms with Crippen molar-refractivity contribution in [3.05, 3.63) is 11.1 Å². The molecule has 0 aliphatic heterocycles. The zero-order valence-corrected chi connectivity index (χ0v) is 11.9. The van der Waals surface area contributed by atoms with Crippen molar-refractivity contribution < 1.29 is 4.74 Å². The van der Waals surface area contributed by atoms with Crippen molar-refractivity contribution in [2.24, 2.45) is 0 Å². The summed E-state index contributed by atoms with van der Waals surface area (Å²) in [6.07, 6.45) is 3.29. The fourth-order valence-electron chi connectivity index (χ4n) is 1.73. The van der Waals surface area contributed by atoms with E-state index in [4.69, 9.17) is 16.3 Å². The highest BCUT2D eigenvalue weighted by atomic mass is 35.5. The average molecular weight is 260 g/mol. The average Bonchev–Trinajstić information content (AvgIpc) is 2.59. The Morgan fingerprint density at radius 2 is 1.88 bits per heavy atom. The normalized spacial score (nSPS) is 12.1. The summed E-state index contributed by atoms with van der Waals surface area (Å²) in [5.41, 5.74) is -0.0212. The highest BCUT2D eigenvalue weighted by molar-refractivity contribution is 6.28. The maximum Gasteiger partial charge on any atom is 0.225 e. The molecule has 0 radical (unpaired) electrons. The van der Waals surface area contributed by atoms with Gasteiger partial charge in [-0.1, -0.05) is 20.8 Å². The Hall–Kier alpha value is -0.610. The number of hydrogen-bond donors (Lipinski definition) is 0. The third-order valence-electron chi connectivity index (χ3n) is 2.61. The van der Waals surface area contributed by atoms with Crippen molar-refractivity contribution in [3.63, 3.8) is 0 Å². The molecule has 5 heteroatoms. The van der Waals surface area contributed by atoms with E-state index in [0.717, 1.165) is 38.2 Å².